The lowest BCUT2D eigenvalue weighted by Gasteiger charge is -2.18. The van der Waals surface area contributed by atoms with E-state index in [1.165, 1.54) is 4.90 Å². The van der Waals surface area contributed by atoms with Gasteiger partial charge in [0, 0.05) is 18.5 Å². The Bertz CT molecular complexity index is 855. The Kier molecular flexibility index (Phi) is 6.42. The summed E-state index contributed by atoms with van der Waals surface area (Å²) in [5.74, 6) is 0.407. The minimum atomic E-state index is -0.640. The normalized spacial score (nSPS) is 12.4. The number of fused-ring (bicyclic) bond motifs is 1. The number of amides is 1. The van der Waals surface area contributed by atoms with E-state index < -0.39 is 6.10 Å². The Morgan fingerprint density at radius 1 is 1.23 bits per heavy atom. The third-order valence-electron chi connectivity index (χ3n) is 4.48. The molecule has 26 heavy (non-hydrogen) atoms. The maximum Gasteiger partial charge on any atom is 0.339 e. The molecule has 0 fully saturated rings. The standard InChI is InChI=1S/C20H28N2O4/c1-12-10-16(18-13(2)14(3)20(24)26-17(18)11-12)25-15(4)19(23)21-8-7-9-22(5)6/h10-11,15H,7-9H2,1-6H3,(H,21,23)/p+1/t15-/m0/s1. The van der Waals surface area contributed by atoms with E-state index >= 15 is 0 Å². The van der Waals surface area contributed by atoms with Crippen LogP contribution in [0.5, 0.6) is 5.75 Å². The number of carbonyl (C=O) groups excluding carboxylic acids is 1. The summed E-state index contributed by atoms with van der Waals surface area (Å²) in [6, 6.07) is 3.68. The van der Waals surface area contributed by atoms with Crippen molar-refractivity contribution >= 4 is 16.9 Å². The number of nitrogens with one attached hydrogen (secondary N) is 2. The highest BCUT2D eigenvalue weighted by atomic mass is 16.5. The van der Waals surface area contributed by atoms with Crippen molar-refractivity contribution in [3.8, 4) is 5.75 Å². The van der Waals surface area contributed by atoms with Crippen molar-refractivity contribution in [3.63, 3.8) is 0 Å². The van der Waals surface area contributed by atoms with Crippen LogP contribution < -0.4 is 20.6 Å². The van der Waals surface area contributed by atoms with Crippen LogP contribution in [0.2, 0.25) is 0 Å². The van der Waals surface area contributed by atoms with Crippen molar-refractivity contribution in [2.24, 2.45) is 0 Å². The molecule has 2 aromatic rings. The monoisotopic (exact) mass is 361 g/mol. The molecule has 1 aromatic heterocycles. The molecule has 0 aliphatic rings. The van der Waals surface area contributed by atoms with Gasteiger partial charge in [0.1, 0.15) is 11.3 Å². The lowest BCUT2D eigenvalue weighted by atomic mass is 10.0. The number of ether oxygens (including phenoxy) is 1. The lowest BCUT2D eigenvalue weighted by Crippen LogP contribution is -3.05. The average molecular weight is 361 g/mol. The maximum absolute atomic E-state index is 12.3. The third-order valence-corrected chi connectivity index (χ3v) is 4.48. The van der Waals surface area contributed by atoms with Gasteiger partial charge in [0.25, 0.3) is 5.91 Å². The number of hydrogen-bond donors (Lipinski definition) is 2. The highest BCUT2D eigenvalue weighted by Crippen LogP contribution is 2.31. The predicted octanol–water partition coefficient (Wildman–Crippen LogP) is 1.14. The highest BCUT2D eigenvalue weighted by Gasteiger charge is 2.19. The smallest absolute Gasteiger partial charge is 0.339 e. The summed E-state index contributed by atoms with van der Waals surface area (Å²) in [6.45, 7) is 8.84. The first kappa shape index (κ1) is 20.0. The van der Waals surface area contributed by atoms with Gasteiger partial charge in [-0.2, -0.15) is 0 Å². The van der Waals surface area contributed by atoms with Crippen molar-refractivity contribution in [1.29, 1.82) is 0 Å². The zero-order valence-corrected chi connectivity index (χ0v) is 16.5. The van der Waals surface area contributed by atoms with Crippen molar-refractivity contribution in [1.82, 2.24) is 5.32 Å². The van der Waals surface area contributed by atoms with Gasteiger partial charge in [-0.25, -0.2) is 4.79 Å². The summed E-state index contributed by atoms with van der Waals surface area (Å²) in [7, 11) is 4.16. The second-order valence-corrected chi connectivity index (χ2v) is 7.14. The van der Waals surface area contributed by atoms with E-state index in [-0.39, 0.29) is 11.5 Å². The molecule has 2 rings (SSSR count). The van der Waals surface area contributed by atoms with Crippen molar-refractivity contribution in [2.75, 3.05) is 27.2 Å². The Balaban J connectivity index is 2.20. The maximum atomic E-state index is 12.3. The lowest BCUT2D eigenvalue weighted by molar-refractivity contribution is -0.858. The Morgan fingerprint density at radius 3 is 2.58 bits per heavy atom. The summed E-state index contributed by atoms with van der Waals surface area (Å²) < 4.78 is 11.3. The van der Waals surface area contributed by atoms with E-state index in [2.05, 4.69) is 19.4 Å². The number of rotatable bonds is 7. The average Bonchev–Trinajstić information content (AvgIpc) is 2.55. The quantitative estimate of drug-likeness (QED) is 0.573. The second-order valence-electron chi connectivity index (χ2n) is 7.14. The van der Waals surface area contributed by atoms with E-state index in [0.29, 0.717) is 23.4 Å². The molecule has 2 N–H and O–H groups in total. The number of aryl methyl sites for hydroxylation is 2. The summed E-state index contributed by atoms with van der Waals surface area (Å²) in [4.78, 5) is 25.6. The minimum Gasteiger partial charge on any atom is -0.480 e. The van der Waals surface area contributed by atoms with Crippen LogP contribution in [0.25, 0.3) is 11.0 Å². The van der Waals surface area contributed by atoms with Gasteiger partial charge < -0.3 is 19.4 Å². The fourth-order valence-electron chi connectivity index (χ4n) is 2.82. The summed E-state index contributed by atoms with van der Waals surface area (Å²) >= 11 is 0. The van der Waals surface area contributed by atoms with Gasteiger partial charge in [-0.1, -0.05) is 0 Å². The molecule has 1 aromatic carbocycles. The van der Waals surface area contributed by atoms with Gasteiger partial charge in [-0.05, 0) is 51.0 Å². The minimum absolute atomic E-state index is 0.153. The summed E-state index contributed by atoms with van der Waals surface area (Å²) in [5.41, 5.74) is 2.40. The first-order valence-electron chi connectivity index (χ1n) is 8.98. The molecule has 6 nitrogen and oxygen atoms in total. The second kappa shape index (κ2) is 8.36. The van der Waals surface area contributed by atoms with Crippen molar-refractivity contribution < 1.29 is 18.8 Å². The molecule has 0 bridgehead atoms. The predicted molar refractivity (Wildman–Crippen MR) is 102 cm³/mol. The van der Waals surface area contributed by atoms with Gasteiger partial charge in [-0.3, -0.25) is 4.79 Å². The largest absolute Gasteiger partial charge is 0.480 e. The Morgan fingerprint density at radius 2 is 1.92 bits per heavy atom. The molecule has 0 aliphatic heterocycles. The van der Waals surface area contributed by atoms with Crippen LogP contribution in [0.15, 0.2) is 21.3 Å². The summed E-state index contributed by atoms with van der Waals surface area (Å²) in [5, 5.41) is 3.64. The number of carbonyl (C=O) groups is 1. The molecule has 6 heteroatoms. The Labute approximate surface area is 154 Å². The fourth-order valence-corrected chi connectivity index (χ4v) is 2.82. The molecule has 1 heterocycles. The molecular weight excluding hydrogens is 332 g/mol. The molecular formula is C20H29N2O4+. The number of quaternary nitrogens is 1. The topological polar surface area (TPSA) is 73.0 Å². The molecule has 0 radical (unpaired) electrons. The first-order valence-corrected chi connectivity index (χ1v) is 8.98. The van der Waals surface area contributed by atoms with E-state index in [9.17, 15) is 9.59 Å². The van der Waals surface area contributed by atoms with Crippen molar-refractivity contribution in [2.45, 2.75) is 40.2 Å². The van der Waals surface area contributed by atoms with Gasteiger partial charge in [-0.15, -0.1) is 0 Å². The third kappa shape index (κ3) is 4.64. The molecule has 1 amide bonds. The zero-order valence-electron chi connectivity index (χ0n) is 16.5. The molecule has 0 spiro atoms. The van der Waals surface area contributed by atoms with Gasteiger partial charge >= 0.3 is 5.63 Å². The van der Waals surface area contributed by atoms with E-state index in [4.69, 9.17) is 9.15 Å². The van der Waals surface area contributed by atoms with Crippen LogP contribution in [0.1, 0.15) is 30.0 Å². The Hall–Kier alpha value is -2.34. The highest BCUT2D eigenvalue weighted by molar-refractivity contribution is 5.89. The SMILES string of the molecule is Cc1cc(O[C@@H](C)C(=O)NCCC[NH+](C)C)c2c(C)c(C)c(=O)oc2c1. The van der Waals surface area contributed by atoms with Crippen LogP contribution in [0.4, 0.5) is 0 Å². The van der Waals surface area contributed by atoms with Crippen LogP contribution in [0.3, 0.4) is 0 Å². The van der Waals surface area contributed by atoms with E-state index in [1.807, 2.05) is 26.0 Å². The van der Waals surface area contributed by atoms with Crippen molar-refractivity contribution in [3.05, 3.63) is 39.2 Å². The van der Waals surface area contributed by atoms with Crippen LogP contribution >= 0.6 is 0 Å². The van der Waals surface area contributed by atoms with Crippen LogP contribution in [-0.2, 0) is 4.79 Å². The molecule has 0 saturated carbocycles. The van der Waals surface area contributed by atoms with Crippen LogP contribution in [-0.4, -0.2) is 39.2 Å². The number of hydrogen-bond acceptors (Lipinski definition) is 4. The molecule has 0 saturated heterocycles. The van der Waals surface area contributed by atoms with Gasteiger partial charge in [0.05, 0.1) is 26.0 Å². The number of benzene rings is 1. The van der Waals surface area contributed by atoms with E-state index in [1.54, 1.807) is 13.8 Å². The van der Waals surface area contributed by atoms with Gasteiger partial charge in [0.2, 0.25) is 0 Å². The van der Waals surface area contributed by atoms with Crippen LogP contribution in [0, 0.1) is 20.8 Å². The van der Waals surface area contributed by atoms with Gasteiger partial charge in [0.15, 0.2) is 6.10 Å². The molecule has 142 valence electrons. The zero-order chi connectivity index (χ0) is 19.4. The first-order chi connectivity index (χ1) is 12.2. The summed E-state index contributed by atoms with van der Waals surface area (Å²) in [6.07, 6.45) is 0.274. The fraction of sp³-hybridized carbons (Fsp3) is 0.500. The molecule has 0 aliphatic carbocycles. The van der Waals surface area contributed by atoms with E-state index in [0.717, 1.165) is 29.5 Å². The molecule has 0 unspecified atom stereocenters. The molecule has 1 atom stereocenters.